The van der Waals surface area contributed by atoms with Crippen molar-refractivity contribution in [2.75, 3.05) is 37.8 Å². The van der Waals surface area contributed by atoms with E-state index in [0.717, 1.165) is 43.9 Å². The topological polar surface area (TPSA) is 49.8 Å². The smallest absolute Gasteiger partial charge is 0.226 e. The highest BCUT2D eigenvalue weighted by Gasteiger charge is 2.30. The van der Waals surface area contributed by atoms with Crippen LogP contribution in [0, 0.1) is 5.92 Å². The highest BCUT2D eigenvalue weighted by molar-refractivity contribution is 7.99. The number of rotatable bonds is 4. The monoisotopic (exact) mass is 259 g/mol. The van der Waals surface area contributed by atoms with Crippen LogP contribution in [0.3, 0.4) is 0 Å². The maximum absolute atomic E-state index is 12.2. The third-order valence-corrected chi connectivity index (χ3v) is 4.64. The van der Waals surface area contributed by atoms with Gasteiger partial charge in [0.25, 0.3) is 0 Å². The largest absolute Gasteiger partial charge is 0.394 e. The van der Waals surface area contributed by atoms with Gasteiger partial charge in [-0.15, -0.1) is 0 Å². The van der Waals surface area contributed by atoms with Gasteiger partial charge in [0, 0.05) is 24.8 Å². The Labute approximate surface area is 107 Å². The molecule has 17 heavy (non-hydrogen) atoms. The van der Waals surface area contributed by atoms with Gasteiger partial charge in [0.15, 0.2) is 0 Å². The van der Waals surface area contributed by atoms with E-state index in [1.165, 1.54) is 0 Å². The number of hydrogen-bond donors (Lipinski definition) is 1. The zero-order valence-electron chi connectivity index (χ0n) is 10.1. The van der Waals surface area contributed by atoms with Crippen LogP contribution in [0.4, 0.5) is 0 Å². The fourth-order valence-electron chi connectivity index (χ4n) is 2.45. The number of amides is 1. The molecule has 1 N–H and O–H groups in total. The number of thioether (sulfide) groups is 1. The van der Waals surface area contributed by atoms with Crippen LogP contribution in [0.15, 0.2) is 0 Å². The minimum Gasteiger partial charge on any atom is -0.394 e. The molecule has 1 amide bonds. The van der Waals surface area contributed by atoms with Crippen molar-refractivity contribution in [3.05, 3.63) is 0 Å². The Morgan fingerprint density at radius 2 is 2.12 bits per heavy atom. The van der Waals surface area contributed by atoms with Crippen LogP contribution < -0.4 is 0 Å². The molecule has 2 aliphatic rings. The van der Waals surface area contributed by atoms with Crippen molar-refractivity contribution in [1.82, 2.24) is 4.90 Å². The zero-order valence-corrected chi connectivity index (χ0v) is 11.0. The summed E-state index contributed by atoms with van der Waals surface area (Å²) in [5.74, 6) is 2.73. The zero-order chi connectivity index (χ0) is 12.1. The molecule has 0 spiro atoms. The van der Waals surface area contributed by atoms with E-state index in [1.807, 2.05) is 16.7 Å². The fraction of sp³-hybridized carbons (Fsp3) is 0.917. The Balaban J connectivity index is 1.72. The first-order valence-corrected chi connectivity index (χ1v) is 7.55. The lowest BCUT2D eigenvalue weighted by atomic mass is 10.0. The number of nitrogens with zero attached hydrogens (tertiary/aromatic N) is 1. The predicted octanol–water partition coefficient (Wildman–Crippen LogP) is 0.739. The molecule has 98 valence electrons. The first-order valence-electron chi connectivity index (χ1n) is 6.40. The molecule has 2 saturated heterocycles. The van der Waals surface area contributed by atoms with Gasteiger partial charge >= 0.3 is 0 Å². The average molecular weight is 259 g/mol. The van der Waals surface area contributed by atoms with Gasteiger partial charge in [0.05, 0.1) is 19.3 Å². The van der Waals surface area contributed by atoms with Crippen molar-refractivity contribution in [2.45, 2.75) is 25.4 Å². The Morgan fingerprint density at radius 3 is 2.71 bits per heavy atom. The minimum atomic E-state index is 0.0818. The Hall–Kier alpha value is -0.260. The molecule has 4 nitrogen and oxygen atoms in total. The lowest BCUT2D eigenvalue weighted by Crippen LogP contribution is -2.43. The molecular formula is C12H21NO3S. The molecule has 0 aliphatic carbocycles. The van der Waals surface area contributed by atoms with E-state index in [-0.39, 0.29) is 18.6 Å². The molecule has 0 aromatic rings. The molecule has 2 fully saturated rings. The molecule has 0 aromatic carbocycles. The van der Waals surface area contributed by atoms with E-state index >= 15 is 0 Å². The standard InChI is InChI=1S/C12H21NO3S/c14-6-7-16-11-1-4-13(5-2-11)12(15)10-3-8-17-9-10/h10-11,14H,1-9H2. The van der Waals surface area contributed by atoms with Crippen LogP contribution in [-0.4, -0.2) is 59.8 Å². The van der Waals surface area contributed by atoms with E-state index in [1.54, 1.807) is 0 Å². The molecule has 2 aliphatic heterocycles. The molecule has 0 aromatic heterocycles. The van der Waals surface area contributed by atoms with E-state index < -0.39 is 0 Å². The number of piperidine rings is 1. The molecule has 0 radical (unpaired) electrons. The molecule has 0 bridgehead atoms. The minimum absolute atomic E-state index is 0.0818. The highest BCUT2D eigenvalue weighted by Crippen LogP contribution is 2.26. The summed E-state index contributed by atoms with van der Waals surface area (Å²) in [6.45, 7) is 2.13. The van der Waals surface area contributed by atoms with Gasteiger partial charge in [-0.3, -0.25) is 4.79 Å². The second-order valence-electron chi connectivity index (χ2n) is 4.68. The van der Waals surface area contributed by atoms with E-state index in [0.29, 0.717) is 12.5 Å². The molecular weight excluding hydrogens is 238 g/mol. The van der Waals surface area contributed by atoms with Gasteiger partial charge in [-0.2, -0.15) is 11.8 Å². The SMILES string of the molecule is O=C(C1CCSC1)N1CCC(OCCO)CC1. The number of likely N-dealkylation sites (tertiary alicyclic amines) is 1. The molecule has 2 rings (SSSR count). The third-order valence-electron chi connectivity index (χ3n) is 3.48. The Bertz CT molecular complexity index is 248. The first kappa shape index (κ1) is 13.2. The lowest BCUT2D eigenvalue weighted by Gasteiger charge is -2.33. The van der Waals surface area contributed by atoms with E-state index in [2.05, 4.69) is 0 Å². The number of aliphatic hydroxyl groups is 1. The Kier molecular flexibility index (Phi) is 5.13. The highest BCUT2D eigenvalue weighted by atomic mass is 32.2. The fourth-order valence-corrected chi connectivity index (χ4v) is 3.66. The summed E-state index contributed by atoms with van der Waals surface area (Å²) in [5.41, 5.74) is 0. The van der Waals surface area contributed by atoms with Gasteiger partial charge in [-0.1, -0.05) is 0 Å². The van der Waals surface area contributed by atoms with Gasteiger partial charge in [-0.25, -0.2) is 0 Å². The summed E-state index contributed by atoms with van der Waals surface area (Å²) in [7, 11) is 0. The van der Waals surface area contributed by atoms with Crippen LogP contribution in [-0.2, 0) is 9.53 Å². The van der Waals surface area contributed by atoms with Crippen LogP contribution in [0.1, 0.15) is 19.3 Å². The maximum Gasteiger partial charge on any atom is 0.226 e. The van der Waals surface area contributed by atoms with Gasteiger partial charge < -0.3 is 14.7 Å². The maximum atomic E-state index is 12.2. The second kappa shape index (κ2) is 6.61. The van der Waals surface area contributed by atoms with Crippen molar-refractivity contribution in [3.8, 4) is 0 Å². The lowest BCUT2D eigenvalue weighted by molar-refractivity contribution is -0.137. The second-order valence-corrected chi connectivity index (χ2v) is 5.83. The number of carbonyl (C=O) groups is 1. The molecule has 1 unspecified atom stereocenters. The van der Waals surface area contributed by atoms with Gasteiger partial charge in [0.2, 0.25) is 5.91 Å². The summed E-state index contributed by atoms with van der Waals surface area (Å²) in [6, 6.07) is 0. The van der Waals surface area contributed by atoms with Crippen molar-refractivity contribution in [3.63, 3.8) is 0 Å². The van der Waals surface area contributed by atoms with Crippen molar-refractivity contribution >= 4 is 17.7 Å². The summed E-state index contributed by atoms with van der Waals surface area (Å²) < 4.78 is 5.49. The summed E-state index contributed by atoms with van der Waals surface area (Å²) in [6.07, 6.45) is 3.09. The molecule has 0 saturated carbocycles. The van der Waals surface area contributed by atoms with Crippen LogP contribution >= 0.6 is 11.8 Å². The summed E-state index contributed by atoms with van der Waals surface area (Å²) >= 11 is 1.89. The Morgan fingerprint density at radius 1 is 1.35 bits per heavy atom. The number of ether oxygens (including phenoxy) is 1. The van der Waals surface area contributed by atoms with E-state index in [4.69, 9.17) is 9.84 Å². The van der Waals surface area contributed by atoms with Crippen LogP contribution in [0.2, 0.25) is 0 Å². The van der Waals surface area contributed by atoms with E-state index in [9.17, 15) is 4.79 Å². The van der Waals surface area contributed by atoms with Crippen molar-refractivity contribution in [1.29, 1.82) is 0 Å². The molecule has 2 heterocycles. The number of hydrogen-bond acceptors (Lipinski definition) is 4. The summed E-state index contributed by atoms with van der Waals surface area (Å²) in [4.78, 5) is 14.1. The number of aliphatic hydroxyl groups excluding tert-OH is 1. The van der Waals surface area contributed by atoms with Crippen molar-refractivity contribution < 1.29 is 14.6 Å². The van der Waals surface area contributed by atoms with Gasteiger partial charge in [-0.05, 0) is 25.0 Å². The number of carbonyl (C=O) groups excluding carboxylic acids is 1. The summed E-state index contributed by atoms with van der Waals surface area (Å²) in [5, 5.41) is 8.69. The quantitative estimate of drug-likeness (QED) is 0.809. The van der Waals surface area contributed by atoms with Crippen LogP contribution in [0.5, 0.6) is 0 Å². The normalized spacial score (nSPS) is 26.4. The van der Waals surface area contributed by atoms with Crippen molar-refractivity contribution in [2.24, 2.45) is 5.92 Å². The van der Waals surface area contributed by atoms with Gasteiger partial charge in [0.1, 0.15) is 0 Å². The predicted molar refractivity (Wildman–Crippen MR) is 68.1 cm³/mol. The third kappa shape index (κ3) is 3.60. The molecule has 5 heteroatoms. The molecule has 1 atom stereocenters. The average Bonchev–Trinajstić information content (AvgIpc) is 2.90. The van der Waals surface area contributed by atoms with Crippen LogP contribution in [0.25, 0.3) is 0 Å². The first-order chi connectivity index (χ1) is 8.31.